The molecule has 0 fully saturated rings. The molecular weight excluding hydrogens is 322 g/mol. The van der Waals surface area contributed by atoms with Gasteiger partial charge in [-0.1, -0.05) is 6.07 Å². The molecule has 2 rings (SSSR count). The van der Waals surface area contributed by atoms with Crippen LogP contribution in [0.25, 0.3) is 0 Å². The van der Waals surface area contributed by atoms with Gasteiger partial charge in [-0.2, -0.15) is 0 Å². The summed E-state index contributed by atoms with van der Waals surface area (Å²) < 4.78 is 4.90. The highest BCUT2D eigenvalue weighted by atomic mass is 16.5. The van der Waals surface area contributed by atoms with Crippen LogP contribution in [0, 0.1) is 0 Å². The van der Waals surface area contributed by atoms with Crippen molar-refractivity contribution in [3.8, 4) is 0 Å². The highest BCUT2D eigenvalue weighted by Gasteiger charge is 2.07. The van der Waals surface area contributed by atoms with E-state index in [1.165, 1.54) is 6.92 Å². The van der Waals surface area contributed by atoms with Gasteiger partial charge in [0.2, 0.25) is 5.91 Å². The van der Waals surface area contributed by atoms with Crippen LogP contribution in [0.15, 0.2) is 48.5 Å². The van der Waals surface area contributed by atoms with Crippen molar-refractivity contribution in [2.45, 2.75) is 13.8 Å². The van der Waals surface area contributed by atoms with Crippen LogP contribution < -0.4 is 16.0 Å². The van der Waals surface area contributed by atoms with Crippen molar-refractivity contribution in [2.24, 2.45) is 0 Å². The van der Waals surface area contributed by atoms with Crippen LogP contribution in [0.5, 0.6) is 0 Å². The van der Waals surface area contributed by atoms with Crippen molar-refractivity contribution in [2.75, 3.05) is 22.6 Å². The lowest BCUT2D eigenvalue weighted by Crippen LogP contribution is -2.19. The first-order valence-corrected chi connectivity index (χ1v) is 7.71. The normalized spacial score (nSPS) is 9.84. The van der Waals surface area contributed by atoms with E-state index in [0.29, 0.717) is 29.2 Å². The second kappa shape index (κ2) is 8.49. The smallest absolute Gasteiger partial charge is 0.338 e. The van der Waals surface area contributed by atoms with E-state index in [9.17, 15) is 14.4 Å². The summed E-state index contributed by atoms with van der Waals surface area (Å²) in [6.45, 7) is 3.45. The number of urea groups is 1. The largest absolute Gasteiger partial charge is 0.462 e. The molecule has 0 aliphatic heterocycles. The van der Waals surface area contributed by atoms with Crippen molar-refractivity contribution in [1.82, 2.24) is 0 Å². The number of esters is 1. The molecule has 3 N–H and O–H groups in total. The third kappa shape index (κ3) is 5.65. The zero-order chi connectivity index (χ0) is 18.2. The topological polar surface area (TPSA) is 96.5 Å². The van der Waals surface area contributed by atoms with E-state index in [1.54, 1.807) is 55.5 Å². The molecule has 130 valence electrons. The van der Waals surface area contributed by atoms with E-state index in [1.807, 2.05) is 0 Å². The predicted octanol–water partition coefficient (Wildman–Crippen LogP) is 3.47. The first kappa shape index (κ1) is 18.0. The van der Waals surface area contributed by atoms with E-state index in [4.69, 9.17) is 4.74 Å². The molecule has 0 saturated heterocycles. The number of ether oxygens (including phenoxy) is 1. The predicted molar refractivity (Wildman–Crippen MR) is 95.8 cm³/mol. The maximum absolute atomic E-state index is 12.0. The summed E-state index contributed by atoms with van der Waals surface area (Å²) in [5, 5.41) is 7.97. The third-order valence-electron chi connectivity index (χ3n) is 3.09. The average Bonchev–Trinajstić information content (AvgIpc) is 2.55. The maximum atomic E-state index is 12.0. The lowest BCUT2D eigenvalue weighted by atomic mass is 10.2. The number of anilines is 3. The molecule has 2 aromatic carbocycles. The summed E-state index contributed by atoms with van der Waals surface area (Å²) in [5.74, 6) is -0.600. The van der Waals surface area contributed by atoms with Crippen molar-refractivity contribution in [3.05, 3.63) is 54.1 Å². The zero-order valence-electron chi connectivity index (χ0n) is 14.0. The molecule has 0 saturated carbocycles. The van der Waals surface area contributed by atoms with E-state index >= 15 is 0 Å². The van der Waals surface area contributed by atoms with Gasteiger partial charge in [0, 0.05) is 24.0 Å². The van der Waals surface area contributed by atoms with Crippen molar-refractivity contribution in [1.29, 1.82) is 0 Å². The number of benzene rings is 2. The molecule has 0 spiro atoms. The molecular formula is C18H19N3O4. The van der Waals surface area contributed by atoms with E-state index in [0.717, 1.165) is 0 Å². The SMILES string of the molecule is CCOC(=O)c1ccc(NC(=O)Nc2cccc(NC(C)=O)c2)cc1. The quantitative estimate of drug-likeness (QED) is 0.726. The molecule has 0 bridgehead atoms. The van der Waals surface area contributed by atoms with Gasteiger partial charge in [-0.3, -0.25) is 4.79 Å². The van der Waals surface area contributed by atoms with E-state index < -0.39 is 12.0 Å². The molecule has 0 aliphatic carbocycles. The first-order valence-electron chi connectivity index (χ1n) is 7.71. The lowest BCUT2D eigenvalue weighted by Gasteiger charge is -2.10. The van der Waals surface area contributed by atoms with Crippen LogP contribution >= 0.6 is 0 Å². The molecule has 0 atom stereocenters. The number of nitrogens with one attached hydrogen (secondary N) is 3. The summed E-state index contributed by atoms with van der Waals surface area (Å²) in [6.07, 6.45) is 0. The van der Waals surface area contributed by atoms with Gasteiger partial charge in [-0.05, 0) is 49.4 Å². The van der Waals surface area contributed by atoms with Gasteiger partial charge in [0.15, 0.2) is 0 Å². The van der Waals surface area contributed by atoms with Gasteiger partial charge in [0.25, 0.3) is 0 Å². The van der Waals surface area contributed by atoms with E-state index in [-0.39, 0.29) is 5.91 Å². The second-order valence-electron chi connectivity index (χ2n) is 5.14. The molecule has 0 radical (unpaired) electrons. The molecule has 0 aliphatic rings. The van der Waals surface area contributed by atoms with Crippen molar-refractivity contribution >= 4 is 35.0 Å². The van der Waals surface area contributed by atoms with Crippen LogP contribution in [-0.4, -0.2) is 24.5 Å². The van der Waals surface area contributed by atoms with Gasteiger partial charge >= 0.3 is 12.0 Å². The van der Waals surface area contributed by atoms with Crippen molar-refractivity contribution < 1.29 is 19.1 Å². The fraction of sp³-hybridized carbons (Fsp3) is 0.167. The minimum atomic E-state index is -0.441. The van der Waals surface area contributed by atoms with Crippen molar-refractivity contribution in [3.63, 3.8) is 0 Å². The summed E-state index contributed by atoms with van der Waals surface area (Å²) in [7, 11) is 0. The Morgan fingerprint density at radius 2 is 1.48 bits per heavy atom. The highest BCUT2D eigenvalue weighted by molar-refractivity contribution is 6.00. The lowest BCUT2D eigenvalue weighted by molar-refractivity contribution is -0.114. The second-order valence-corrected chi connectivity index (χ2v) is 5.14. The van der Waals surface area contributed by atoms with E-state index in [2.05, 4.69) is 16.0 Å². The molecule has 0 heterocycles. The molecule has 2 aromatic rings. The fourth-order valence-electron chi connectivity index (χ4n) is 2.08. The summed E-state index contributed by atoms with van der Waals surface area (Å²) in [5.41, 5.74) is 2.07. The summed E-state index contributed by atoms with van der Waals surface area (Å²) in [4.78, 5) is 34.7. The van der Waals surface area contributed by atoms with Gasteiger partial charge in [0.05, 0.1) is 12.2 Å². The Kier molecular flexibility index (Phi) is 6.11. The maximum Gasteiger partial charge on any atom is 0.338 e. The van der Waals surface area contributed by atoms with Gasteiger partial charge in [0.1, 0.15) is 0 Å². The Bertz CT molecular complexity index is 772. The molecule has 3 amide bonds. The van der Waals surface area contributed by atoms with Gasteiger partial charge in [-0.25, -0.2) is 9.59 Å². The Morgan fingerprint density at radius 3 is 2.08 bits per heavy atom. The van der Waals surface area contributed by atoms with Crippen LogP contribution in [0.2, 0.25) is 0 Å². The Labute approximate surface area is 145 Å². The number of hydrogen-bond acceptors (Lipinski definition) is 4. The van der Waals surface area contributed by atoms with Gasteiger partial charge in [-0.15, -0.1) is 0 Å². The number of hydrogen-bond donors (Lipinski definition) is 3. The first-order chi connectivity index (χ1) is 12.0. The van der Waals surface area contributed by atoms with Crippen LogP contribution in [0.4, 0.5) is 21.9 Å². The monoisotopic (exact) mass is 341 g/mol. The number of rotatable bonds is 5. The van der Waals surface area contributed by atoms with Crippen LogP contribution in [-0.2, 0) is 9.53 Å². The minimum absolute atomic E-state index is 0.191. The number of carbonyl (C=O) groups excluding carboxylic acids is 3. The Balaban J connectivity index is 1.96. The summed E-state index contributed by atoms with van der Waals surface area (Å²) in [6, 6.07) is 12.7. The number of amides is 3. The van der Waals surface area contributed by atoms with Gasteiger partial charge < -0.3 is 20.7 Å². The molecule has 0 unspecified atom stereocenters. The zero-order valence-corrected chi connectivity index (χ0v) is 14.0. The molecule has 25 heavy (non-hydrogen) atoms. The number of carbonyl (C=O) groups is 3. The Morgan fingerprint density at radius 1 is 0.880 bits per heavy atom. The standard InChI is InChI=1S/C18H19N3O4/c1-3-25-17(23)13-7-9-14(10-8-13)20-18(24)21-16-6-4-5-15(11-16)19-12(2)22/h4-11H,3H2,1-2H3,(H,19,22)(H2,20,21,24). The fourth-order valence-corrected chi connectivity index (χ4v) is 2.08. The molecule has 0 aromatic heterocycles. The third-order valence-corrected chi connectivity index (χ3v) is 3.09. The average molecular weight is 341 g/mol. The molecule has 7 nitrogen and oxygen atoms in total. The molecule has 7 heteroatoms. The summed E-state index contributed by atoms with van der Waals surface area (Å²) >= 11 is 0. The van der Waals surface area contributed by atoms with Crippen LogP contribution in [0.1, 0.15) is 24.2 Å². The Hall–Kier alpha value is -3.35. The highest BCUT2D eigenvalue weighted by Crippen LogP contribution is 2.16. The van der Waals surface area contributed by atoms with Crippen LogP contribution in [0.3, 0.4) is 0 Å². The minimum Gasteiger partial charge on any atom is -0.462 e.